The van der Waals surface area contributed by atoms with Crippen molar-refractivity contribution < 1.29 is 29.1 Å². The van der Waals surface area contributed by atoms with Crippen LogP contribution in [0.25, 0.3) is 10.9 Å². The summed E-state index contributed by atoms with van der Waals surface area (Å²) in [6, 6.07) is 2.35. The first kappa shape index (κ1) is 31.0. The van der Waals surface area contributed by atoms with Gasteiger partial charge >= 0.3 is 0 Å². The molecule has 0 aliphatic carbocycles. The molecule has 2 saturated heterocycles. The van der Waals surface area contributed by atoms with E-state index in [4.69, 9.17) is 0 Å². The standard InChI is InChI=1S/C30H42N6O6/c1-16(2)12-21-26(38)32-22(13-18-14-31-20-9-6-5-8-19(18)20)27(39)34-23(15-37)30(42)36-11-7-10-24(36)28(40)35-25(17(3)4)29(41)33-21/h5-6,8-9,14,16-17,21-25,31,37H,7,10-13,15H2,1-4H3,(H,32,38)(H,33,41)(H,34,39)(H,35,40)/t21-,22+,23-,24+,25-/m1/s1. The SMILES string of the molecule is CC(C)C[C@H]1NC(=O)[C@@H](C(C)C)NC(=O)[C@@H]2CCCN2C(=O)[C@@H](CO)NC(=O)[C@H](Cc2c[nH]c3ccccc23)NC1=O. The van der Waals surface area contributed by atoms with Gasteiger partial charge in [0.2, 0.25) is 29.5 Å². The van der Waals surface area contributed by atoms with Crippen molar-refractivity contribution >= 4 is 40.4 Å². The number of H-pyrrole nitrogens is 1. The number of para-hydroxylation sites is 1. The highest BCUT2D eigenvalue weighted by atomic mass is 16.3. The number of nitrogens with one attached hydrogen (secondary N) is 5. The normalized spacial score (nSPS) is 26.4. The molecule has 6 N–H and O–H groups in total. The van der Waals surface area contributed by atoms with E-state index in [0.717, 1.165) is 16.5 Å². The van der Waals surface area contributed by atoms with Gasteiger partial charge in [-0.2, -0.15) is 0 Å². The minimum atomic E-state index is -1.31. The summed E-state index contributed by atoms with van der Waals surface area (Å²) in [7, 11) is 0. The summed E-state index contributed by atoms with van der Waals surface area (Å²) in [5.41, 5.74) is 1.64. The second-order valence-corrected chi connectivity index (χ2v) is 12.0. The van der Waals surface area contributed by atoms with Gasteiger partial charge in [-0.3, -0.25) is 24.0 Å². The molecule has 12 nitrogen and oxygen atoms in total. The van der Waals surface area contributed by atoms with Gasteiger partial charge in [0.05, 0.1) is 6.61 Å². The lowest BCUT2D eigenvalue weighted by atomic mass is 9.98. The van der Waals surface area contributed by atoms with E-state index < -0.39 is 66.4 Å². The quantitative estimate of drug-likeness (QED) is 0.287. The molecular weight excluding hydrogens is 540 g/mol. The molecule has 1 aromatic carbocycles. The zero-order chi connectivity index (χ0) is 30.6. The fourth-order valence-corrected chi connectivity index (χ4v) is 5.71. The molecule has 0 saturated carbocycles. The number of hydrogen-bond donors (Lipinski definition) is 6. The van der Waals surface area contributed by atoms with Crippen LogP contribution in [0.3, 0.4) is 0 Å². The summed E-state index contributed by atoms with van der Waals surface area (Å²) in [5, 5.41) is 22.0. The first-order valence-corrected chi connectivity index (χ1v) is 14.7. The van der Waals surface area contributed by atoms with Gasteiger partial charge < -0.3 is 36.3 Å². The monoisotopic (exact) mass is 582 g/mol. The van der Waals surface area contributed by atoms with E-state index in [9.17, 15) is 29.1 Å². The molecule has 4 rings (SSSR count). The zero-order valence-electron chi connectivity index (χ0n) is 24.6. The number of rotatable bonds is 6. The van der Waals surface area contributed by atoms with Crippen molar-refractivity contribution in [1.29, 1.82) is 0 Å². The number of hydrogen-bond acceptors (Lipinski definition) is 6. The molecule has 2 aromatic rings. The molecule has 12 heteroatoms. The van der Waals surface area contributed by atoms with E-state index in [2.05, 4.69) is 26.3 Å². The van der Waals surface area contributed by atoms with E-state index in [1.807, 2.05) is 38.1 Å². The minimum absolute atomic E-state index is 0.0274. The van der Waals surface area contributed by atoms with Crippen molar-refractivity contribution in [2.75, 3.05) is 13.2 Å². The molecule has 5 atom stereocenters. The summed E-state index contributed by atoms with van der Waals surface area (Å²) < 4.78 is 0. The average molecular weight is 583 g/mol. The molecule has 1 aromatic heterocycles. The van der Waals surface area contributed by atoms with Gasteiger partial charge in [0.25, 0.3) is 0 Å². The molecule has 2 aliphatic heterocycles. The topological polar surface area (TPSA) is 173 Å². The Hall–Kier alpha value is -3.93. The number of benzene rings is 1. The molecule has 2 aliphatic rings. The maximum atomic E-state index is 13.7. The van der Waals surface area contributed by atoms with Gasteiger partial charge in [0.1, 0.15) is 30.2 Å². The Balaban J connectivity index is 1.73. The second kappa shape index (κ2) is 13.4. The van der Waals surface area contributed by atoms with E-state index in [0.29, 0.717) is 19.3 Å². The number of nitrogens with zero attached hydrogens (tertiary/aromatic N) is 1. The zero-order valence-corrected chi connectivity index (χ0v) is 24.6. The van der Waals surface area contributed by atoms with Crippen LogP contribution in [0.1, 0.15) is 52.5 Å². The summed E-state index contributed by atoms with van der Waals surface area (Å²) >= 11 is 0. The molecule has 0 spiro atoms. The van der Waals surface area contributed by atoms with Crippen molar-refractivity contribution in [3.63, 3.8) is 0 Å². The molecule has 0 radical (unpaired) electrons. The highest BCUT2D eigenvalue weighted by Crippen LogP contribution is 2.22. The van der Waals surface area contributed by atoms with Crippen molar-refractivity contribution in [2.24, 2.45) is 11.8 Å². The molecule has 5 amide bonds. The minimum Gasteiger partial charge on any atom is -0.394 e. The summed E-state index contributed by atoms with van der Waals surface area (Å²) in [4.78, 5) is 72.2. The number of amides is 5. The van der Waals surface area contributed by atoms with Gasteiger partial charge in [-0.1, -0.05) is 45.9 Å². The van der Waals surface area contributed by atoms with Crippen molar-refractivity contribution in [1.82, 2.24) is 31.2 Å². The maximum Gasteiger partial charge on any atom is 0.248 e. The third-order valence-electron chi connectivity index (χ3n) is 7.95. The molecule has 2 fully saturated rings. The van der Waals surface area contributed by atoms with Crippen LogP contribution >= 0.6 is 0 Å². The van der Waals surface area contributed by atoms with Crippen LogP contribution in [0.15, 0.2) is 30.5 Å². The Labute approximate surface area is 245 Å². The molecule has 3 heterocycles. The number of carbonyl (C=O) groups is 5. The molecule has 0 unspecified atom stereocenters. The summed E-state index contributed by atoms with van der Waals surface area (Å²) in [5.74, 6) is -3.11. The van der Waals surface area contributed by atoms with Gasteiger partial charge in [0.15, 0.2) is 0 Å². The van der Waals surface area contributed by atoms with Crippen LogP contribution in [-0.2, 0) is 30.4 Å². The van der Waals surface area contributed by atoms with Crippen LogP contribution in [0.4, 0.5) is 0 Å². The Kier molecular flexibility index (Phi) is 9.87. The largest absolute Gasteiger partial charge is 0.394 e. The van der Waals surface area contributed by atoms with E-state index in [1.165, 1.54) is 4.90 Å². The fraction of sp³-hybridized carbons (Fsp3) is 0.567. The Morgan fingerprint density at radius 3 is 2.21 bits per heavy atom. The lowest BCUT2D eigenvalue weighted by molar-refractivity contribution is -0.143. The Bertz CT molecular complexity index is 1320. The summed E-state index contributed by atoms with van der Waals surface area (Å²) in [6.07, 6.45) is 3.10. The number of aliphatic hydroxyl groups excluding tert-OH is 1. The lowest BCUT2D eigenvalue weighted by Gasteiger charge is -2.30. The number of fused-ring (bicyclic) bond motifs is 2. The van der Waals surface area contributed by atoms with Crippen LogP contribution in [0, 0.1) is 11.8 Å². The number of aromatic nitrogens is 1. The van der Waals surface area contributed by atoms with Crippen molar-refractivity contribution in [2.45, 2.75) is 83.6 Å². The Morgan fingerprint density at radius 2 is 1.52 bits per heavy atom. The molecular formula is C30H42N6O6. The predicted molar refractivity (Wildman–Crippen MR) is 156 cm³/mol. The van der Waals surface area contributed by atoms with Crippen LogP contribution in [0.5, 0.6) is 0 Å². The van der Waals surface area contributed by atoms with Crippen molar-refractivity contribution in [3.05, 3.63) is 36.0 Å². The maximum absolute atomic E-state index is 13.7. The van der Waals surface area contributed by atoms with E-state index >= 15 is 0 Å². The lowest BCUT2D eigenvalue weighted by Crippen LogP contribution is -2.59. The second-order valence-electron chi connectivity index (χ2n) is 12.0. The van der Waals surface area contributed by atoms with Crippen LogP contribution in [-0.4, -0.2) is 87.9 Å². The van der Waals surface area contributed by atoms with Crippen molar-refractivity contribution in [3.8, 4) is 0 Å². The fourth-order valence-electron chi connectivity index (χ4n) is 5.71. The number of aromatic amines is 1. The highest BCUT2D eigenvalue weighted by Gasteiger charge is 2.41. The molecule has 0 bridgehead atoms. The van der Waals surface area contributed by atoms with Gasteiger partial charge in [-0.05, 0) is 42.7 Å². The third-order valence-corrected chi connectivity index (χ3v) is 7.95. The van der Waals surface area contributed by atoms with Gasteiger partial charge in [-0.15, -0.1) is 0 Å². The Morgan fingerprint density at radius 1 is 0.857 bits per heavy atom. The van der Waals surface area contributed by atoms with Gasteiger partial charge in [0, 0.05) is 30.1 Å². The average Bonchev–Trinajstić information content (AvgIpc) is 3.60. The smallest absolute Gasteiger partial charge is 0.248 e. The molecule has 228 valence electrons. The molecule has 42 heavy (non-hydrogen) atoms. The van der Waals surface area contributed by atoms with Crippen LogP contribution in [0.2, 0.25) is 0 Å². The van der Waals surface area contributed by atoms with E-state index in [-0.39, 0.29) is 24.8 Å². The number of aliphatic hydroxyl groups is 1. The van der Waals surface area contributed by atoms with Gasteiger partial charge in [-0.25, -0.2) is 0 Å². The van der Waals surface area contributed by atoms with Crippen LogP contribution < -0.4 is 21.3 Å². The first-order valence-electron chi connectivity index (χ1n) is 14.7. The first-order chi connectivity index (χ1) is 20.0. The highest BCUT2D eigenvalue weighted by molar-refractivity contribution is 5.98. The number of carbonyl (C=O) groups excluding carboxylic acids is 5. The predicted octanol–water partition coefficient (Wildman–Crippen LogP) is 0.349. The van der Waals surface area contributed by atoms with E-state index in [1.54, 1.807) is 20.0 Å². The third kappa shape index (κ3) is 6.92. The summed E-state index contributed by atoms with van der Waals surface area (Å²) in [6.45, 7) is 6.99.